The van der Waals surface area contributed by atoms with Gasteiger partial charge in [-0.3, -0.25) is 9.59 Å². The number of amides is 2. The lowest BCUT2D eigenvalue weighted by atomic mass is 9.93. The minimum atomic E-state index is -5.08. The summed E-state index contributed by atoms with van der Waals surface area (Å²) in [5.74, 6) is -1.52. The van der Waals surface area contributed by atoms with Gasteiger partial charge in [-0.1, -0.05) is 43.2 Å². The third-order valence-electron chi connectivity index (χ3n) is 10.4. The third-order valence-corrected chi connectivity index (χ3v) is 10.4. The van der Waals surface area contributed by atoms with Gasteiger partial charge < -0.3 is 39.4 Å². The molecule has 2 amide bonds. The summed E-state index contributed by atoms with van der Waals surface area (Å²) in [6.07, 6.45) is 3.00. The number of rotatable bonds is 13. The number of nitrogens with one attached hydrogen (secondary N) is 2. The molecule has 0 radical (unpaired) electrons. The Bertz CT molecular complexity index is 1630. The van der Waals surface area contributed by atoms with Crippen molar-refractivity contribution < 1.29 is 46.6 Å². The summed E-state index contributed by atoms with van der Waals surface area (Å²) in [6.45, 7) is 8.51. The number of nitrogens with zero attached hydrogens (tertiary/aromatic N) is 2. The van der Waals surface area contributed by atoms with Gasteiger partial charge in [-0.05, 0) is 87.2 Å². The summed E-state index contributed by atoms with van der Waals surface area (Å²) in [5, 5.41) is 14.4. The molecule has 3 N–H and O–H groups in total. The van der Waals surface area contributed by atoms with E-state index in [9.17, 15) is 22.8 Å². The minimum Gasteiger partial charge on any atom is -0.497 e. The predicted octanol–water partition coefficient (Wildman–Crippen LogP) is 5.67. The van der Waals surface area contributed by atoms with Crippen molar-refractivity contribution in [2.75, 3.05) is 59.6 Å². The first-order chi connectivity index (χ1) is 25.4. The van der Waals surface area contributed by atoms with Gasteiger partial charge in [0, 0.05) is 57.4 Å². The Labute approximate surface area is 308 Å². The number of aliphatic carboxylic acids is 1. The first-order valence-corrected chi connectivity index (χ1v) is 18.5. The number of fused-ring (bicyclic) bond motifs is 1. The molecule has 6 rings (SSSR count). The van der Waals surface area contributed by atoms with Gasteiger partial charge in [0.15, 0.2) is 5.76 Å². The lowest BCUT2D eigenvalue weighted by molar-refractivity contribution is -0.192. The van der Waals surface area contributed by atoms with E-state index in [1.807, 2.05) is 12.1 Å². The number of furan rings is 1. The Kier molecular flexibility index (Phi) is 14.2. The molecule has 1 atom stereocenters. The number of benzene rings is 2. The summed E-state index contributed by atoms with van der Waals surface area (Å²) in [4.78, 5) is 41.6. The van der Waals surface area contributed by atoms with Gasteiger partial charge >= 0.3 is 12.1 Å². The molecule has 2 aromatic carbocycles. The SMILES string of the molecule is COc1ccc2oc(C(=O)NC3(C(=O)N[C@@H](CCCN4CCN(CC5CCOCC5)CC4)Cc4ccccc4)CCCC3)cc2c1.O=C(O)C(F)(F)F. The maximum Gasteiger partial charge on any atom is 0.490 e. The van der Waals surface area contributed by atoms with E-state index >= 15 is 0 Å². The molecule has 0 spiro atoms. The van der Waals surface area contributed by atoms with E-state index in [1.54, 1.807) is 25.3 Å². The molecule has 1 saturated carbocycles. The van der Waals surface area contributed by atoms with E-state index in [-0.39, 0.29) is 23.6 Å². The van der Waals surface area contributed by atoms with Crippen LogP contribution in [0.25, 0.3) is 11.0 Å². The van der Waals surface area contributed by atoms with Crippen molar-refractivity contribution in [2.45, 2.75) is 75.5 Å². The van der Waals surface area contributed by atoms with Crippen molar-refractivity contribution in [1.82, 2.24) is 20.4 Å². The quantitative estimate of drug-likeness (QED) is 0.203. The fraction of sp³-hybridized carbons (Fsp3) is 0.564. The smallest absolute Gasteiger partial charge is 0.490 e. The number of carbonyl (C=O) groups is 3. The number of piperazine rings is 1. The molecule has 0 bridgehead atoms. The maximum absolute atomic E-state index is 14.1. The summed E-state index contributed by atoms with van der Waals surface area (Å²) < 4.78 is 48.5. The van der Waals surface area contributed by atoms with Crippen LogP contribution in [0.1, 0.15) is 67.5 Å². The zero-order chi connectivity index (χ0) is 37.8. The van der Waals surface area contributed by atoms with E-state index in [2.05, 4.69) is 44.7 Å². The maximum atomic E-state index is 14.1. The second-order valence-electron chi connectivity index (χ2n) is 14.3. The first kappa shape index (κ1) is 40.1. The molecule has 290 valence electrons. The number of carboxylic acid groups (broad SMARTS) is 1. The van der Waals surface area contributed by atoms with Crippen LogP contribution in [0.5, 0.6) is 5.75 Å². The summed E-state index contributed by atoms with van der Waals surface area (Å²) in [5.41, 5.74) is 0.875. The van der Waals surface area contributed by atoms with Gasteiger partial charge in [0.1, 0.15) is 16.9 Å². The molecular weight excluding hydrogens is 693 g/mol. The average molecular weight is 745 g/mol. The van der Waals surface area contributed by atoms with E-state index in [0.717, 1.165) is 89.3 Å². The number of hydrogen-bond donors (Lipinski definition) is 3. The molecule has 3 aliphatic rings. The number of methoxy groups -OCH3 is 1. The minimum absolute atomic E-state index is 0.0160. The largest absolute Gasteiger partial charge is 0.497 e. The van der Waals surface area contributed by atoms with Crippen molar-refractivity contribution in [2.24, 2.45) is 5.92 Å². The molecule has 1 aliphatic carbocycles. The number of carbonyl (C=O) groups excluding carboxylic acids is 2. The van der Waals surface area contributed by atoms with Crippen LogP contribution >= 0.6 is 0 Å². The van der Waals surface area contributed by atoms with Crippen LogP contribution < -0.4 is 15.4 Å². The second kappa shape index (κ2) is 18.8. The Morgan fingerprint density at radius 3 is 2.28 bits per heavy atom. The van der Waals surface area contributed by atoms with Crippen LogP contribution in [0.3, 0.4) is 0 Å². The molecule has 3 aromatic rings. The molecule has 14 heteroatoms. The molecule has 11 nitrogen and oxygen atoms in total. The topological polar surface area (TPSA) is 134 Å². The number of carboxylic acids is 1. The normalized spacial score (nSPS) is 18.9. The van der Waals surface area contributed by atoms with Gasteiger partial charge in [0.2, 0.25) is 5.91 Å². The summed E-state index contributed by atoms with van der Waals surface area (Å²) in [6, 6.07) is 17.5. The second-order valence-corrected chi connectivity index (χ2v) is 14.3. The van der Waals surface area contributed by atoms with Gasteiger partial charge in [0.05, 0.1) is 7.11 Å². The van der Waals surface area contributed by atoms with E-state index in [4.69, 9.17) is 23.8 Å². The fourth-order valence-electron chi connectivity index (χ4n) is 7.42. The number of ether oxygens (including phenoxy) is 2. The Hall–Kier alpha value is -4.14. The Balaban J connectivity index is 0.000000705. The standard InChI is InChI=1S/C37H50N4O5.C2HF3O2/c1-44-32-11-12-33-30(25-32)26-34(46-33)35(42)39-37(15-5-6-16-37)36(43)38-31(24-28-8-3-2-4-9-28)10-7-17-40-18-20-41(21-19-40)27-29-13-22-45-23-14-29;3-2(4,5)1(6)7/h2-4,8-9,11-12,25-26,29,31H,5-7,10,13-24,27H2,1H3,(H,38,43)(H,39,42);(H,6,7)/t31-;/m0./s1. The van der Waals surface area contributed by atoms with Crippen LogP contribution in [0.2, 0.25) is 0 Å². The van der Waals surface area contributed by atoms with Crippen molar-refractivity contribution in [3.05, 3.63) is 65.9 Å². The summed E-state index contributed by atoms with van der Waals surface area (Å²) >= 11 is 0. The van der Waals surface area contributed by atoms with Crippen LogP contribution in [0.15, 0.2) is 59.0 Å². The molecule has 3 fully saturated rings. The van der Waals surface area contributed by atoms with E-state index in [1.165, 1.54) is 24.9 Å². The van der Waals surface area contributed by atoms with Gasteiger partial charge in [-0.2, -0.15) is 13.2 Å². The van der Waals surface area contributed by atoms with Crippen LogP contribution in [0.4, 0.5) is 13.2 Å². The van der Waals surface area contributed by atoms with Gasteiger partial charge in [-0.15, -0.1) is 0 Å². The molecule has 2 saturated heterocycles. The molecular formula is C39H51F3N4O7. The Morgan fingerprint density at radius 2 is 1.64 bits per heavy atom. The third kappa shape index (κ3) is 11.7. The first-order valence-electron chi connectivity index (χ1n) is 18.5. The molecule has 3 heterocycles. The van der Waals surface area contributed by atoms with Crippen LogP contribution in [-0.2, 0) is 20.7 Å². The van der Waals surface area contributed by atoms with Crippen molar-refractivity contribution >= 4 is 28.8 Å². The van der Waals surface area contributed by atoms with Gasteiger partial charge in [-0.25, -0.2) is 4.79 Å². The molecule has 2 aliphatic heterocycles. The van der Waals surface area contributed by atoms with Crippen molar-refractivity contribution in [1.29, 1.82) is 0 Å². The highest BCUT2D eigenvalue weighted by Gasteiger charge is 2.44. The number of alkyl halides is 3. The van der Waals surface area contributed by atoms with Crippen LogP contribution in [-0.4, -0.2) is 110 Å². The fourth-order valence-corrected chi connectivity index (χ4v) is 7.42. The Morgan fingerprint density at radius 1 is 0.981 bits per heavy atom. The van der Waals surface area contributed by atoms with Crippen LogP contribution in [0, 0.1) is 5.92 Å². The highest BCUT2D eigenvalue weighted by molar-refractivity contribution is 6.00. The predicted molar refractivity (Wildman–Crippen MR) is 193 cm³/mol. The van der Waals surface area contributed by atoms with Crippen molar-refractivity contribution in [3.8, 4) is 5.75 Å². The lowest BCUT2D eigenvalue weighted by Gasteiger charge is -2.37. The lowest BCUT2D eigenvalue weighted by Crippen LogP contribution is -2.59. The number of hydrogen-bond acceptors (Lipinski definition) is 8. The summed E-state index contributed by atoms with van der Waals surface area (Å²) in [7, 11) is 1.61. The molecule has 53 heavy (non-hydrogen) atoms. The van der Waals surface area contributed by atoms with E-state index in [0.29, 0.717) is 24.2 Å². The molecule has 1 aromatic heterocycles. The number of halogens is 3. The zero-order valence-electron chi connectivity index (χ0n) is 30.3. The van der Waals surface area contributed by atoms with E-state index < -0.39 is 17.7 Å². The van der Waals surface area contributed by atoms with Gasteiger partial charge in [0.25, 0.3) is 5.91 Å². The monoisotopic (exact) mass is 744 g/mol. The molecule has 0 unspecified atom stereocenters. The highest BCUT2D eigenvalue weighted by atomic mass is 19.4. The average Bonchev–Trinajstić information content (AvgIpc) is 3.81. The highest BCUT2D eigenvalue weighted by Crippen LogP contribution is 2.32. The zero-order valence-corrected chi connectivity index (χ0v) is 30.3. The van der Waals surface area contributed by atoms with Crippen molar-refractivity contribution in [3.63, 3.8) is 0 Å².